The van der Waals surface area contributed by atoms with E-state index in [9.17, 15) is 77.4 Å². The van der Waals surface area contributed by atoms with Crippen molar-refractivity contribution in [3.05, 3.63) is 83.7 Å². The number of ether oxygens (including phenoxy) is 1. The van der Waals surface area contributed by atoms with Gasteiger partial charge in [0.25, 0.3) is 0 Å². The number of hydrogen-bond acceptors (Lipinski definition) is 23. The Morgan fingerprint density at radius 3 is 2.36 bits per heavy atom. The van der Waals surface area contributed by atoms with Crippen molar-refractivity contribution in [3.63, 3.8) is 0 Å². The first-order chi connectivity index (χ1) is 41.7. The Morgan fingerprint density at radius 2 is 1.66 bits per heavy atom. The number of nitrogen functional groups attached to an aromatic ring is 1. The molecule has 0 spiro atoms. The zero-order valence-electron chi connectivity index (χ0n) is 48.6. The van der Waals surface area contributed by atoms with Crippen LogP contribution in [0.4, 0.5) is 11.5 Å². The number of nitrogens with two attached hydrogens (primary N) is 1. The number of fused-ring (bicyclic) bond motifs is 3. The summed E-state index contributed by atoms with van der Waals surface area (Å²) in [5.74, 6) is -3.35. The van der Waals surface area contributed by atoms with Crippen molar-refractivity contribution >= 4 is 104 Å². The van der Waals surface area contributed by atoms with E-state index in [1.165, 1.54) is 26.0 Å². The van der Waals surface area contributed by atoms with E-state index in [2.05, 4.69) is 34.4 Å². The molecule has 5 heterocycles. The smallest absolute Gasteiger partial charge is 0.478 e. The van der Waals surface area contributed by atoms with Crippen molar-refractivity contribution in [2.45, 2.75) is 75.4 Å². The van der Waals surface area contributed by atoms with E-state index >= 15 is 0 Å². The molecule has 32 nitrogen and oxygen atoms in total. The predicted molar refractivity (Wildman–Crippen MR) is 317 cm³/mol. The molecule has 480 valence electrons. The summed E-state index contributed by atoms with van der Waals surface area (Å²) in [6.45, 7) is 0.0519. The molecule has 0 saturated carbocycles. The first kappa shape index (κ1) is 68.0. The molecule has 3 aliphatic heterocycles. The predicted octanol–water partition coefficient (Wildman–Crippen LogP) is 2.24. The number of carboxylic acids is 1. The van der Waals surface area contributed by atoms with Gasteiger partial charge in [-0.05, 0) is 42.3 Å². The number of ketones is 1. The second-order valence-electron chi connectivity index (χ2n) is 21.7. The lowest BCUT2D eigenvalue weighted by molar-refractivity contribution is -0.138. The fourth-order valence-electron chi connectivity index (χ4n) is 9.72. The van der Waals surface area contributed by atoms with Gasteiger partial charge in [-0.15, -0.1) is 11.8 Å². The third-order valence-corrected chi connectivity index (χ3v) is 18.7. The molecule has 4 amide bonds. The number of carbonyl (C=O) groups excluding carboxylic acids is 5. The first-order valence-corrected chi connectivity index (χ1v) is 32.8. The van der Waals surface area contributed by atoms with Crippen molar-refractivity contribution in [1.82, 2.24) is 39.6 Å². The molecule has 4 aromatic rings. The average molecular weight is 1320 g/mol. The van der Waals surface area contributed by atoms with E-state index in [1.54, 1.807) is 6.07 Å². The number of rotatable bonds is 28. The van der Waals surface area contributed by atoms with Gasteiger partial charge in [0.2, 0.25) is 29.0 Å². The van der Waals surface area contributed by atoms with Gasteiger partial charge in [0.1, 0.15) is 61.7 Å². The van der Waals surface area contributed by atoms with E-state index in [-0.39, 0.29) is 85.0 Å². The second-order valence-corrected chi connectivity index (χ2v) is 27.3. The van der Waals surface area contributed by atoms with Gasteiger partial charge in [0.15, 0.2) is 23.5 Å². The number of aliphatic hydroxyl groups is 2. The molecule has 2 fully saturated rings. The standard InChI is InChI=1S/C53H65N10O22P3S/c1-53(2,25-81-88(78,79)85-87(76,77)80-24-38-45(84-86(73,74)75)44(67)51(83-38)63-27-59-43-47(54)57-26-58-48(43)63)46(68)49(69)56-16-15-40(65)55-17-19-89-39-23-41(66)62(50(39)70)18-7-8-35(64)28-9-12-31(52(71)72)34(20-28)42-32-13-10-29(60(3)4)21-36(32)82-37-22-30(61(5)6)11-14-33(37)42/h9-14,20-22,26-27,38-39,44-46,51,67-68H,7-8,15-19,23-25H2,1-6H3,(H8-,54,55,56,57,58,65,69,71,72,73,74,75,76,77,78,79)/p+1/t38-,39?,44-,45-,46-,51-/m0/s1. The number of imidazole rings is 1. The third-order valence-electron chi connectivity index (χ3n) is 14.4. The molecule has 2 aromatic heterocycles. The Kier molecular flexibility index (Phi) is 21.2. The molecule has 89 heavy (non-hydrogen) atoms. The van der Waals surface area contributed by atoms with Crippen LogP contribution in [-0.4, -0.2) is 191 Å². The second kappa shape index (κ2) is 27.7. The SMILES string of the molecule is CN(C)c1ccc2c(-c3cc(C(=O)CCCN4C(=O)CC(SCCNC(=O)CCNC(=O)[C@H](O)C(C)(C)COP(=O)(O)OP(=O)(O)OC[C@@H]5O[C@H](n6cnc7c(N)ncnc76)[C@@H](O)[C@H]5OP(=O)(O)O)C4=O)ccc3C(=O)O)c3ccc(=[N+](C)C)cc-3oc2c1. The Hall–Kier alpha value is -6.90. The Labute approximate surface area is 510 Å². The number of hydrogen-bond donors (Lipinski definition) is 10. The summed E-state index contributed by atoms with van der Waals surface area (Å²) in [5, 5.41) is 37.9. The molecule has 2 saturated heterocycles. The topological polar surface area (TPSA) is 458 Å². The molecular formula is C53H66N10O22P3S+. The third kappa shape index (κ3) is 16.4. The molecule has 3 unspecified atom stereocenters. The van der Waals surface area contributed by atoms with Gasteiger partial charge in [-0.3, -0.25) is 47.0 Å². The number of carbonyl (C=O) groups is 6. The molecule has 2 aromatic carbocycles. The molecule has 8 rings (SSSR count). The van der Waals surface area contributed by atoms with E-state index in [4.69, 9.17) is 23.9 Å². The Bertz CT molecular complexity index is 3910. The van der Waals surface area contributed by atoms with Crippen molar-refractivity contribution in [3.8, 4) is 22.5 Å². The van der Waals surface area contributed by atoms with Gasteiger partial charge in [0, 0.05) is 104 Å². The number of likely N-dealkylation sites (tertiary alicyclic amines) is 1. The maximum absolute atomic E-state index is 13.8. The number of phosphoric ester groups is 3. The zero-order chi connectivity index (χ0) is 65.1. The van der Waals surface area contributed by atoms with Crippen LogP contribution in [0.2, 0.25) is 0 Å². The molecule has 36 heteroatoms. The summed E-state index contributed by atoms with van der Waals surface area (Å²) in [7, 11) is -9.05. The summed E-state index contributed by atoms with van der Waals surface area (Å²) in [4.78, 5) is 133. The maximum Gasteiger partial charge on any atom is 0.481 e. The minimum Gasteiger partial charge on any atom is -0.478 e. The number of aromatic nitrogens is 4. The minimum atomic E-state index is -5.64. The Morgan fingerprint density at radius 1 is 0.933 bits per heavy atom. The number of anilines is 2. The maximum atomic E-state index is 13.8. The molecule has 4 aliphatic rings. The highest BCUT2D eigenvalue weighted by molar-refractivity contribution is 8.00. The fourth-order valence-corrected chi connectivity index (χ4v) is 13.6. The summed E-state index contributed by atoms with van der Waals surface area (Å²) < 4.78 is 71.1. The van der Waals surface area contributed by atoms with Crippen molar-refractivity contribution < 1.29 is 104 Å². The van der Waals surface area contributed by atoms with Crippen LogP contribution in [0.15, 0.2) is 71.7 Å². The summed E-state index contributed by atoms with van der Waals surface area (Å²) in [5.41, 5.74) is 7.23. The molecular weight excluding hydrogens is 1250 g/mol. The number of amides is 4. The number of aromatic carboxylic acids is 1. The quantitative estimate of drug-likeness (QED) is 0.00841. The average Bonchev–Trinajstić information content (AvgIpc) is 1.89. The summed E-state index contributed by atoms with van der Waals surface area (Å²) in [6, 6.07) is 15.6. The van der Waals surface area contributed by atoms with Crippen molar-refractivity contribution in [2.75, 3.05) is 77.4 Å². The van der Waals surface area contributed by atoms with Crippen LogP contribution in [-0.2, 0) is 55.5 Å². The summed E-state index contributed by atoms with van der Waals surface area (Å²) in [6.07, 6.45) is -7.33. The molecule has 0 radical (unpaired) electrons. The lowest BCUT2D eigenvalue weighted by Gasteiger charge is -2.30. The van der Waals surface area contributed by atoms with E-state index in [0.29, 0.717) is 33.4 Å². The van der Waals surface area contributed by atoms with Crippen LogP contribution in [0.1, 0.15) is 66.5 Å². The van der Waals surface area contributed by atoms with Crippen LogP contribution in [0.25, 0.3) is 44.6 Å². The number of aliphatic hydroxyl groups excluding tert-OH is 2. The van der Waals surface area contributed by atoms with Gasteiger partial charge >= 0.3 is 29.4 Å². The van der Waals surface area contributed by atoms with Crippen LogP contribution >= 0.6 is 35.2 Å². The van der Waals surface area contributed by atoms with E-state index < -0.39 is 108 Å². The van der Waals surface area contributed by atoms with Crippen LogP contribution in [0.5, 0.6) is 0 Å². The molecule has 0 bridgehead atoms. The van der Waals surface area contributed by atoms with Crippen LogP contribution in [0.3, 0.4) is 0 Å². The highest BCUT2D eigenvalue weighted by Gasteiger charge is 2.50. The van der Waals surface area contributed by atoms with Gasteiger partial charge in [-0.1, -0.05) is 19.9 Å². The molecule has 1 aliphatic carbocycles. The molecule has 11 N–H and O–H groups in total. The van der Waals surface area contributed by atoms with Gasteiger partial charge in [0.05, 0.1) is 36.4 Å². The van der Waals surface area contributed by atoms with Gasteiger partial charge < -0.3 is 65.3 Å². The fraction of sp³-hybridized carbons (Fsp3) is 0.434. The number of Topliss-reactive ketones (excluding diaryl/α,β-unsaturated/α-hetero) is 1. The number of nitrogens with zero attached hydrogens (tertiary/aromatic N) is 7. The molecule has 8 atom stereocenters. The Balaban J connectivity index is 0.755. The normalized spacial score (nSPS) is 19.8. The monoisotopic (exact) mass is 1320 g/mol. The van der Waals surface area contributed by atoms with Crippen molar-refractivity contribution in [2.24, 2.45) is 5.41 Å². The highest BCUT2D eigenvalue weighted by atomic mass is 32.2. The largest absolute Gasteiger partial charge is 0.481 e. The van der Waals surface area contributed by atoms with E-state index in [0.717, 1.165) is 44.9 Å². The number of benzene rings is 3. The number of carboxylic acid groups (broad SMARTS) is 1. The highest BCUT2D eigenvalue weighted by Crippen LogP contribution is 2.61. The lowest BCUT2D eigenvalue weighted by Crippen LogP contribution is -2.46. The van der Waals surface area contributed by atoms with Crippen molar-refractivity contribution in [1.29, 1.82) is 0 Å². The summed E-state index contributed by atoms with van der Waals surface area (Å²) >= 11 is 1.14. The number of imide groups is 1. The zero-order valence-corrected chi connectivity index (χ0v) is 52.1. The first-order valence-electron chi connectivity index (χ1n) is 27.2. The van der Waals surface area contributed by atoms with Gasteiger partial charge in [-0.2, -0.15) is 4.31 Å². The number of phosphoric acid groups is 3. The van der Waals surface area contributed by atoms with E-state index in [1.807, 2.05) is 74.1 Å². The number of thioether (sulfide) groups is 1. The number of nitrogens with one attached hydrogen (secondary N) is 2. The van der Waals surface area contributed by atoms with Crippen LogP contribution < -0.4 is 31.2 Å². The minimum absolute atomic E-state index is 0.00777. The van der Waals surface area contributed by atoms with Crippen LogP contribution in [0, 0.1) is 5.41 Å². The lowest BCUT2D eigenvalue weighted by atomic mass is 9.87. The van der Waals surface area contributed by atoms with Gasteiger partial charge in [-0.25, -0.2) is 38.0 Å².